The van der Waals surface area contributed by atoms with Gasteiger partial charge in [0, 0.05) is 13.0 Å². The van der Waals surface area contributed by atoms with Gasteiger partial charge in [-0.2, -0.15) is 0 Å². The normalized spacial score (nSPS) is 10.3. The summed E-state index contributed by atoms with van der Waals surface area (Å²) in [6, 6.07) is 0. The number of aliphatic hydroxyl groups excluding tert-OH is 2. The topological polar surface area (TPSA) is 57.5 Å². The predicted molar refractivity (Wildman–Crippen MR) is 51.5 cm³/mol. The number of carbonyl (C=O) groups is 1. The molecule has 0 aromatic heterocycles. The van der Waals surface area contributed by atoms with Gasteiger partial charge in [0.2, 0.25) is 0 Å². The van der Waals surface area contributed by atoms with E-state index in [1.165, 1.54) is 0 Å². The Kier molecular flexibility index (Phi) is 9.37. The number of Topliss-reactive ketones (excluding diaryl/α,β-unsaturated/α-hetero) is 1. The summed E-state index contributed by atoms with van der Waals surface area (Å²) in [4.78, 5) is 10.7. The van der Waals surface area contributed by atoms with Crippen LogP contribution in [0, 0.1) is 0 Å². The van der Waals surface area contributed by atoms with E-state index in [0.717, 1.165) is 38.5 Å². The van der Waals surface area contributed by atoms with E-state index < -0.39 is 0 Å². The van der Waals surface area contributed by atoms with E-state index in [9.17, 15) is 4.79 Å². The van der Waals surface area contributed by atoms with Crippen LogP contribution in [0.15, 0.2) is 0 Å². The van der Waals surface area contributed by atoms with Crippen molar-refractivity contribution in [1.82, 2.24) is 0 Å². The van der Waals surface area contributed by atoms with Crippen LogP contribution < -0.4 is 0 Å². The Hall–Kier alpha value is -0.410. The number of rotatable bonds is 9. The summed E-state index contributed by atoms with van der Waals surface area (Å²) in [6.45, 7) is -0.0342. The van der Waals surface area contributed by atoms with Gasteiger partial charge in [0.15, 0.2) is 5.78 Å². The van der Waals surface area contributed by atoms with Crippen LogP contribution in [0.2, 0.25) is 0 Å². The fourth-order valence-corrected chi connectivity index (χ4v) is 1.22. The number of hydrogen-bond acceptors (Lipinski definition) is 3. The van der Waals surface area contributed by atoms with Crippen LogP contribution >= 0.6 is 0 Å². The first-order chi connectivity index (χ1) is 6.31. The molecule has 0 bridgehead atoms. The van der Waals surface area contributed by atoms with E-state index in [2.05, 4.69) is 0 Å². The van der Waals surface area contributed by atoms with E-state index >= 15 is 0 Å². The molecule has 0 saturated heterocycles. The van der Waals surface area contributed by atoms with E-state index in [-0.39, 0.29) is 19.0 Å². The van der Waals surface area contributed by atoms with E-state index in [4.69, 9.17) is 10.2 Å². The zero-order chi connectivity index (χ0) is 9.94. The van der Waals surface area contributed by atoms with Crippen LogP contribution in [0.1, 0.15) is 44.9 Å². The van der Waals surface area contributed by atoms with Crippen molar-refractivity contribution in [3.8, 4) is 0 Å². The van der Waals surface area contributed by atoms with E-state index in [1.54, 1.807) is 0 Å². The molecule has 0 aliphatic carbocycles. The molecule has 0 spiro atoms. The van der Waals surface area contributed by atoms with Crippen LogP contribution in [0.25, 0.3) is 0 Å². The van der Waals surface area contributed by atoms with Gasteiger partial charge in [-0.05, 0) is 12.8 Å². The molecule has 0 saturated carbocycles. The average Bonchev–Trinajstić information content (AvgIpc) is 2.16. The summed E-state index contributed by atoms with van der Waals surface area (Å²) in [5.74, 6) is -0.0599. The third-order valence-electron chi connectivity index (χ3n) is 2.04. The summed E-state index contributed by atoms with van der Waals surface area (Å²) >= 11 is 0. The van der Waals surface area contributed by atoms with Gasteiger partial charge in [-0.1, -0.05) is 25.7 Å². The Morgan fingerprint density at radius 1 is 0.846 bits per heavy atom. The summed E-state index contributed by atoms with van der Waals surface area (Å²) in [5, 5.41) is 16.9. The molecule has 0 aromatic carbocycles. The summed E-state index contributed by atoms with van der Waals surface area (Å²) in [7, 11) is 0. The monoisotopic (exact) mass is 188 g/mol. The van der Waals surface area contributed by atoms with Crippen molar-refractivity contribution >= 4 is 5.78 Å². The molecule has 78 valence electrons. The van der Waals surface area contributed by atoms with Crippen molar-refractivity contribution < 1.29 is 15.0 Å². The molecule has 3 heteroatoms. The highest BCUT2D eigenvalue weighted by molar-refractivity contribution is 5.79. The lowest BCUT2D eigenvalue weighted by atomic mass is 10.1. The number of aliphatic hydroxyl groups is 2. The first-order valence-electron chi connectivity index (χ1n) is 5.04. The van der Waals surface area contributed by atoms with Crippen LogP contribution in [-0.2, 0) is 4.79 Å². The molecule has 0 fully saturated rings. The van der Waals surface area contributed by atoms with Crippen LogP contribution in [-0.4, -0.2) is 29.2 Å². The second-order valence-corrected chi connectivity index (χ2v) is 3.29. The van der Waals surface area contributed by atoms with Gasteiger partial charge < -0.3 is 10.2 Å². The smallest absolute Gasteiger partial charge is 0.158 e. The highest BCUT2D eigenvalue weighted by atomic mass is 16.3. The van der Waals surface area contributed by atoms with Gasteiger partial charge in [-0.25, -0.2) is 0 Å². The SMILES string of the molecule is O=C(CO)CCCCCCCCO. The van der Waals surface area contributed by atoms with E-state index in [1.807, 2.05) is 0 Å². The number of unbranched alkanes of at least 4 members (excludes halogenated alkanes) is 5. The summed E-state index contributed by atoms with van der Waals surface area (Å²) in [5.41, 5.74) is 0. The van der Waals surface area contributed by atoms with Gasteiger partial charge in [-0.15, -0.1) is 0 Å². The maximum absolute atomic E-state index is 10.7. The fraction of sp³-hybridized carbons (Fsp3) is 0.900. The molecule has 0 aliphatic rings. The Morgan fingerprint density at radius 2 is 1.38 bits per heavy atom. The Balaban J connectivity index is 2.95. The molecule has 2 N–H and O–H groups in total. The molecule has 0 aliphatic heterocycles. The van der Waals surface area contributed by atoms with Gasteiger partial charge >= 0.3 is 0 Å². The van der Waals surface area contributed by atoms with Crippen molar-refractivity contribution in [3.63, 3.8) is 0 Å². The Labute approximate surface area is 79.8 Å². The third kappa shape index (κ3) is 9.50. The lowest BCUT2D eigenvalue weighted by Gasteiger charge is -1.99. The van der Waals surface area contributed by atoms with Crippen LogP contribution in [0.3, 0.4) is 0 Å². The first-order valence-corrected chi connectivity index (χ1v) is 5.04. The summed E-state index contributed by atoms with van der Waals surface area (Å²) < 4.78 is 0. The molecular weight excluding hydrogens is 168 g/mol. The van der Waals surface area contributed by atoms with Crippen molar-refractivity contribution in [2.75, 3.05) is 13.2 Å². The Bertz CT molecular complexity index is 123. The molecular formula is C10H20O3. The molecule has 3 nitrogen and oxygen atoms in total. The van der Waals surface area contributed by atoms with Crippen molar-refractivity contribution in [3.05, 3.63) is 0 Å². The predicted octanol–water partition coefficient (Wildman–Crippen LogP) is 1.27. The average molecular weight is 188 g/mol. The van der Waals surface area contributed by atoms with Gasteiger partial charge in [0.1, 0.15) is 6.61 Å². The quantitative estimate of drug-likeness (QED) is 0.536. The molecule has 0 heterocycles. The Morgan fingerprint density at radius 3 is 1.92 bits per heavy atom. The van der Waals surface area contributed by atoms with Crippen molar-refractivity contribution in [2.45, 2.75) is 44.9 Å². The van der Waals surface area contributed by atoms with Crippen molar-refractivity contribution in [2.24, 2.45) is 0 Å². The zero-order valence-electron chi connectivity index (χ0n) is 8.17. The summed E-state index contributed by atoms with van der Waals surface area (Å²) in [6.07, 6.45) is 6.67. The molecule has 13 heavy (non-hydrogen) atoms. The maximum atomic E-state index is 10.7. The number of carbonyl (C=O) groups excluding carboxylic acids is 1. The minimum absolute atomic E-state index is 0.0599. The highest BCUT2D eigenvalue weighted by Crippen LogP contribution is 2.06. The zero-order valence-corrected chi connectivity index (χ0v) is 8.17. The van der Waals surface area contributed by atoms with E-state index in [0.29, 0.717) is 6.42 Å². The minimum Gasteiger partial charge on any atom is -0.396 e. The lowest BCUT2D eigenvalue weighted by molar-refractivity contribution is -0.121. The number of ketones is 1. The van der Waals surface area contributed by atoms with Crippen molar-refractivity contribution in [1.29, 1.82) is 0 Å². The standard InChI is InChI=1S/C10H20O3/c11-8-6-4-2-1-3-5-7-10(13)9-12/h11-12H,1-9H2. The fourth-order valence-electron chi connectivity index (χ4n) is 1.22. The molecule has 0 unspecified atom stereocenters. The molecule has 0 amide bonds. The molecule has 0 aromatic rings. The van der Waals surface area contributed by atoms with Gasteiger partial charge in [-0.3, -0.25) is 4.79 Å². The van der Waals surface area contributed by atoms with Crippen LogP contribution in [0.4, 0.5) is 0 Å². The maximum Gasteiger partial charge on any atom is 0.158 e. The second-order valence-electron chi connectivity index (χ2n) is 3.29. The minimum atomic E-state index is -0.315. The van der Waals surface area contributed by atoms with Gasteiger partial charge in [0.25, 0.3) is 0 Å². The lowest BCUT2D eigenvalue weighted by Crippen LogP contribution is -2.02. The molecule has 0 atom stereocenters. The highest BCUT2D eigenvalue weighted by Gasteiger charge is 1.98. The third-order valence-corrected chi connectivity index (χ3v) is 2.04. The van der Waals surface area contributed by atoms with Gasteiger partial charge in [0.05, 0.1) is 0 Å². The number of hydrogen-bond donors (Lipinski definition) is 2. The largest absolute Gasteiger partial charge is 0.396 e. The molecule has 0 radical (unpaired) electrons. The second kappa shape index (κ2) is 9.68. The van der Waals surface area contributed by atoms with Crippen LogP contribution in [0.5, 0.6) is 0 Å². The molecule has 0 rings (SSSR count). The first kappa shape index (κ1) is 12.6.